The normalized spacial score (nSPS) is 10.9. The minimum Gasteiger partial charge on any atom is -0.488 e. The number of nitrogens with one attached hydrogen (secondary N) is 1. The molecule has 4 nitrogen and oxygen atoms in total. The second-order valence-corrected chi connectivity index (χ2v) is 7.49. The third-order valence-corrected chi connectivity index (χ3v) is 5.30. The molecule has 0 spiro atoms. The van der Waals surface area contributed by atoms with Gasteiger partial charge in [0.15, 0.2) is 0 Å². The van der Waals surface area contributed by atoms with Crippen molar-refractivity contribution in [3.05, 3.63) is 97.4 Å². The highest BCUT2D eigenvalue weighted by Gasteiger charge is 2.12. The molecule has 0 saturated heterocycles. The molecule has 0 bridgehead atoms. The summed E-state index contributed by atoms with van der Waals surface area (Å²) in [6.07, 6.45) is 1.42. The fourth-order valence-corrected chi connectivity index (χ4v) is 3.23. The Bertz CT molecular complexity index is 1070. The molecular formula is C21H14Cl4N2O2. The molecule has 148 valence electrons. The van der Waals surface area contributed by atoms with Gasteiger partial charge >= 0.3 is 0 Å². The van der Waals surface area contributed by atoms with Crippen molar-refractivity contribution >= 4 is 58.5 Å². The Balaban J connectivity index is 1.70. The van der Waals surface area contributed by atoms with Crippen LogP contribution in [0.25, 0.3) is 0 Å². The number of para-hydroxylation sites is 1. The molecule has 0 aliphatic heterocycles. The first-order valence-corrected chi connectivity index (χ1v) is 9.90. The zero-order chi connectivity index (χ0) is 20.8. The number of carbonyl (C=O) groups is 1. The van der Waals surface area contributed by atoms with Crippen molar-refractivity contribution < 1.29 is 9.53 Å². The Morgan fingerprint density at radius 3 is 2.55 bits per heavy atom. The van der Waals surface area contributed by atoms with Gasteiger partial charge in [0, 0.05) is 21.2 Å². The molecule has 0 aromatic heterocycles. The molecule has 3 aromatic carbocycles. The molecule has 3 rings (SSSR count). The van der Waals surface area contributed by atoms with E-state index >= 15 is 0 Å². The van der Waals surface area contributed by atoms with Crippen LogP contribution in [-0.4, -0.2) is 12.1 Å². The third kappa shape index (κ3) is 5.64. The van der Waals surface area contributed by atoms with Crippen LogP contribution in [0, 0.1) is 0 Å². The quantitative estimate of drug-likeness (QED) is 0.326. The van der Waals surface area contributed by atoms with Crippen LogP contribution < -0.4 is 10.2 Å². The first kappa shape index (κ1) is 21.5. The standard InChI is InChI=1S/C21H14Cl4N2O2/c22-15-9-8-14(18(24)10-15)12-29-19-7-2-1-5-16(19)21(28)27-26-11-13-4-3-6-17(23)20(13)25/h1-11H,12H2,(H,27,28)/b26-11+. The van der Waals surface area contributed by atoms with Crippen LogP contribution in [0.3, 0.4) is 0 Å². The number of ether oxygens (including phenoxy) is 1. The molecule has 8 heteroatoms. The predicted molar refractivity (Wildman–Crippen MR) is 119 cm³/mol. The van der Waals surface area contributed by atoms with Crippen LogP contribution >= 0.6 is 46.4 Å². The minimum atomic E-state index is -0.433. The molecule has 0 fully saturated rings. The summed E-state index contributed by atoms with van der Waals surface area (Å²) in [7, 11) is 0. The van der Waals surface area contributed by atoms with Crippen molar-refractivity contribution in [3.8, 4) is 5.75 Å². The van der Waals surface area contributed by atoms with Crippen molar-refractivity contribution in [2.45, 2.75) is 6.61 Å². The summed E-state index contributed by atoms with van der Waals surface area (Å²) in [6, 6.07) is 17.1. The number of hydrogen-bond acceptors (Lipinski definition) is 3. The molecule has 29 heavy (non-hydrogen) atoms. The van der Waals surface area contributed by atoms with Gasteiger partial charge in [-0.05, 0) is 30.3 Å². The van der Waals surface area contributed by atoms with Gasteiger partial charge in [-0.2, -0.15) is 5.10 Å². The van der Waals surface area contributed by atoms with E-state index in [9.17, 15) is 4.79 Å². The van der Waals surface area contributed by atoms with Crippen LogP contribution in [0.5, 0.6) is 5.75 Å². The summed E-state index contributed by atoms with van der Waals surface area (Å²) in [5.74, 6) is -0.0378. The van der Waals surface area contributed by atoms with Crippen molar-refractivity contribution in [3.63, 3.8) is 0 Å². The summed E-state index contributed by atoms with van der Waals surface area (Å²) in [5, 5.41) is 5.73. The number of rotatable bonds is 6. The zero-order valence-corrected chi connectivity index (χ0v) is 17.9. The lowest BCUT2D eigenvalue weighted by atomic mass is 10.2. The Morgan fingerprint density at radius 2 is 1.76 bits per heavy atom. The van der Waals surface area contributed by atoms with Gasteiger partial charge in [0.05, 0.1) is 21.8 Å². The Morgan fingerprint density at radius 1 is 0.966 bits per heavy atom. The van der Waals surface area contributed by atoms with Crippen molar-refractivity contribution in [1.29, 1.82) is 0 Å². The second-order valence-electron chi connectivity index (χ2n) is 5.86. The molecule has 0 atom stereocenters. The summed E-state index contributed by atoms with van der Waals surface area (Å²) < 4.78 is 5.79. The van der Waals surface area contributed by atoms with Gasteiger partial charge in [-0.1, -0.05) is 76.7 Å². The van der Waals surface area contributed by atoms with Crippen molar-refractivity contribution in [1.82, 2.24) is 5.43 Å². The van der Waals surface area contributed by atoms with E-state index < -0.39 is 5.91 Å². The highest BCUT2D eigenvalue weighted by atomic mass is 35.5. The van der Waals surface area contributed by atoms with Gasteiger partial charge in [-0.3, -0.25) is 4.79 Å². The van der Waals surface area contributed by atoms with E-state index in [1.165, 1.54) is 6.21 Å². The van der Waals surface area contributed by atoms with Crippen LogP contribution in [-0.2, 0) is 6.61 Å². The number of benzene rings is 3. The Labute approximate surface area is 188 Å². The summed E-state index contributed by atoms with van der Waals surface area (Å²) >= 11 is 24.1. The minimum absolute atomic E-state index is 0.182. The summed E-state index contributed by atoms with van der Waals surface area (Å²) in [6.45, 7) is 0.182. The highest BCUT2D eigenvalue weighted by molar-refractivity contribution is 6.43. The molecule has 1 N–H and O–H groups in total. The van der Waals surface area contributed by atoms with Crippen LogP contribution in [0.4, 0.5) is 0 Å². The van der Waals surface area contributed by atoms with E-state index in [1.54, 1.807) is 60.7 Å². The van der Waals surface area contributed by atoms with Gasteiger partial charge in [-0.15, -0.1) is 0 Å². The maximum absolute atomic E-state index is 12.5. The lowest BCUT2D eigenvalue weighted by molar-refractivity contribution is 0.0950. The lowest BCUT2D eigenvalue weighted by Gasteiger charge is -2.11. The molecule has 3 aromatic rings. The zero-order valence-electron chi connectivity index (χ0n) is 14.8. The predicted octanol–water partition coefficient (Wildman–Crippen LogP) is 6.64. The Hall–Kier alpha value is -2.24. The fraction of sp³-hybridized carbons (Fsp3) is 0.0476. The maximum atomic E-state index is 12.5. The Kier molecular flexibility index (Phi) is 7.40. The molecule has 0 unspecified atom stereocenters. The monoisotopic (exact) mass is 466 g/mol. The van der Waals surface area contributed by atoms with Gasteiger partial charge in [0.25, 0.3) is 5.91 Å². The topological polar surface area (TPSA) is 50.7 Å². The fourth-order valence-electron chi connectivity index (χ4n) is 2.42. The van der Waals surface area contributed by atoms with E-state index in [2.05, 4.69) is 10.5 Å². The van der Waals surface area contributed by atoms with Gasteiger partial charge in [0.2, 0.25) is 0 Å². The smallest absolute Gasteiger partial charge is 0.275 e. The number of amides is 1. The van der Waals surface area contributed by atoms with Crippen LogP contribution in [0.2, 0.25) is 20.1 Å². The molecular weight excluding hydrogens is 454 g/mol. The molecule has 0 aliphatic rings. The lowest BCUT2D eigenvalue weighted by Crippen LogP contribution is -2.18. The second kappa shape index (κ2) is 9.99. The highest BCUT2D eigenvalue weighted by Crippen LogP contribution is 2.25. The number of nitrogens with zero attached hydrogens (tertiary/aromatic N) is 1. The number of halogens is 4. The third-order valence-electron chi connectivity index (χ3n) is 3.88. The summed E-state index contributed by atoms with van der Waals surface area (Å²) in [5.41, 5.74) is 4.12. The molecule has 0 radical (unpaired) electrons. The van der Waals surface area contributed by atoms with Crippen LogP contribution in [0.15, 0.2) is 65.8 Å². The van der Waals surface area contributed by atoms with Gasteiger partial charge < -0.3 is 4.74 Å². The van der Waals surface area contributed by atoms with E-state index in [0.29, 0.717) is 37.0 Å². The van der Waals surface area contributed by atoms with E-state index in [-0.39, 0.29) is 6.61 Å². The molecule has 0 saturated carbocycles. The van der Waals surface area contributed by atoms with E-state index in [0.717, 1.165) is 5.56 Å². The van der Waals surface area contributed by atoms with E-state index in [1.807, 2.05) is 0 Å². The van der Waals surface area contributed by atoms with Crippen LogP contribution in [0.1, 0.15) is 21.5 Å². The molecule has 0 heterocycles. The van der Waals surface area contributed by atoms with Gasteiger partial charge in [0.1, 0.15) is 12.4 Å². The van der Waals surface area contributed by atoms with Crippen molar-refractivity contribution in [2.75, 3.05) is 0 Å². The number of hydrogen-bond donors (Lipinski definition) is 1. The van der Waals surface area contributed by atoms with Gasteiger partial charge in [-0.25, -0.2) is 5.43 Å². The van der Waals surface area contributed by atoms with E-state index in [4.69, 9.17) is 51.1 Å². The average molecular weight is 468 g/mol. The largest absolute Gasteiger partial charge is 0.488 e. The average Bonchev–Trinajstić information content (AvgIpc) is 2.70. The first-order valence-electron chi connectivity index (χ1n) is 8.39. The molecule has 1 amide bonds. The first-order chi connectivity index (χ1) is 14.0. The SMILES string of the molecule is O=C(N/N=C/c1cccc(Cl)c1Cl)c1ccccc1OCc1ccc(Cl)cc1Cl. The molecule has 0 aliphatic carbocycles. The summed E-state index contributed by atoms with van der Waals surface area (Å²) in [4.78, 5) is 12.5. The number of hydrazone groups is 1. The number of carbonyl (C=O) groups excluding carboxylic acids is 1. The maximum Gasteiger partial charge on any atom is 0.275 e. The van der Waals surface area contributed by atoms with Crippen molar-refractivity contribution in [2.24, 2.45) is 5.10 Å².